The van der Waals surface area contributed by atoms with Crippen molar-refractivity contribution >= 4 is 33.0 Å². The van der Waals surface area contributed by atoms with Gasteiger partial charge in [-0.1, -0.05) is 29.8 Å². The molecule has 2 aliphatic rings. The number of aryl methyl sites for hydroxylation is 1. The van der Waals surface area contributed by atoms with Gasteiger partial charge in [0.15, 0.2) is 0 Å². The van der Waals surface area contributed by atoms with Crippen molar-refractivity contribution in [1.82, 2.24) is 15.2 Å². The Morgan fingerprint density at radius 3 is 2.73 bits per heavy atom. The van der Waals surface area contributed by atoms with Gasteiger partial charge in [-0.2, -0.15) is 10.6 Å². The van der Waals surface area contributed by atoms with Crippen LogP contribution in [0.3, 0.4) is 0 Å². The van der Waals surface area contributed by atoms with Crippen LogP contribution in [-0.4, -0.2) is 70.6 Å². The Bertz CT molecular complexity index is 1130. The van der Waals surface area contributed by atoms with Crippen molar-refractivity contribution in [2.24, 2.45) is 0 Å². The quantitative estimate of drug-likeness (QED) is 0.452. The second kappa shape index (κ2) is 9.48. The molecule has 3 heterocycles. The number of nitrogens with zero attached hydrogens (tertiary/aromatic N) is 3. The molecule has 0 radical (unpaired) electrons. The molecule has 1 aromatic heterocycles. The molecule has 176 valence electrons. The van der Waals surface area contributed by atoms with Crippen LogP contribution in [0.15, 0.2) is 53.4 Å². The fraction of sp³-hybridized carbons (Fsp3) is 0.400. The molecule has 8 heteroatoms. The monoisotopic (exact) mass is 467 g/mol. The molecule has 1 fully saturated rings. The fourth-order valence-corrected chi connectivity index (χ4v) is 6.24. The third-order valence-corrected chi connectivity index (χ3v) is 8.41. The highest BCUT2D eigenvalue weighted by Gasteiger charge is 2.26. The van der Waals surface area contributed by atoms with E-state index < -0.39 is 10.6 Å². The molecule has 4 N–H and O–H groups in total. The minimum atomic E-state index is -2.80. The largest absolute Gasteiger partial charge is 0.383 e. The number of piperazine rings is 1. The minimum absolute atomic E-state index is 0.309. The maximum Gasteiger partial charge on any atom is 0.131 e. The number of anilines is 2. The van der Waals surface area contributed by atoms with Gasteiger partial charge in [-0.05, 0) is 30.7 Å². The van der Waals surface area contributed by atoms with Crippen molar-refractivity contribution in [3.63, 3.8) is 0 Å². The first kappa shape index (κ1) is 22.4. The Kier molecular flexibility index (Phi) is 6.44. The molecule has 0 bridgehead atoms. The van der Waals surface area contributed by atoms with Crippen LogP contribution in [0.2, 0.25) is 0 Å². The van der Waals surface area contributed by atoms with E-state index in [0.29, 0.717) is 23.7 Å². The Labute approximate surface area is 197 Å². The van der Waals surface area contributed by atoms with E-state index in [2.05, 4.69) is 51.6 Å². The average Bonchev–Trinajstić information content (AvgIpc) is 2.96. The van der Waals surface area contributed by atoms with E-state index in [1.54, 1.807) is 0 Å². The maximum atomic E-state index is 10.7. The lowest BCUT2D eigenvalue weighted by molar-refractivity contribution is 0.249. The summed E-state index contributed by atoms with van der Waals surface area (Å²) in [7, 11) is -2.80. The Hall–Kier alpha value is -2.36. The third-order valence-electron chi connectivity index (χ3n) is 6.56. The number of rotatable bonds is 5. The number of benzene rings is 2. The molecular weight excluding hydrogens is 434 g/mol. The van der Waals surface area contributed by atoms with E-state index in [9.17, 15) is 9.11 Å². The van der Waals surface area contributed by atoms with Gasteiger partial charge in [0, 0.05) is 69.5 Å². The van der Waals surface area contributed by atoms with Crippen LogP contribution in [0.5, 0.6) is 0 Å². The lowest BCUT2D eigenvalue weighted by Gasteiger charge is -2.32. The van der Waals surface area contributed by atoms with Crippen LogP contribution in [0, 0.1) is 6.92 Å². The van der Waals surface area contributed by atoms with Gasteiger partial charge in [0.1, 0.15) is 5.82 Å². The standard InChI is InChI=1S/C25H33N5O2S/c1-19-6-7-22-21(16-19)23(27-10-13-29-11-8-26-9-12-29)17-25(28-22)30-14-15-33(31,32)24-5-3-2-4-20(24)18-30/h2-7,16-17,26,31-32H,8-15,18H2,1H3,(H,27,28). The molecular formula is C25H33N5O2S. The molecule has 0 aliphatic carbocycles. The number of fused-ring (bicyclic) bond motifs is 2. The van der Waals surface area contributed by atoms with Gasteiger partial charge in [0.25, 0.3) is 0 Å². The Morgan fingerprint density at radius 1 is 1.06 bits per heavy atom. The second-order valence-electron chi connectivity index (χ2n) is 8.97. The first-order valence-corrected chi connectivity index (χ1v) is 13.4. The number of hydrogen-bond acceptors (Lipinski definition) is 7. The highest BCUT2D eigenvalue weighted by atomic mass is 32.3. The smallest absolute Gasteiger partial charge is 0.131 e. The average molecular weight is 468 g/mol. The van der Waals surface area contributed by atoms with Crippen LogP contribution < -0.4 is 15.5 Å². The van der Waals surface area contributed by atoms with E-state index in [1.807, 2.05) is 24.3 Å². The minimum Gasteiger partial charge on any atom is -0.383 e. The van der Waals surface area contributed by atoms with Crippen molar-refractivity contribution in [2.45, 2.75) is 18.4 Å². The molecule has 33 heavy (non-hydrogen) atoms. The SMILES string of the molecule is Cc1ccc2nc(N3CCS(O)(O)c4ccccc4C3)cc(NCCN3CCNCC3)c2c1. The second-order valence-corrected chi connectivity index (χ2v) is 11.1. The van der Waals surface area contributed by atoms with E-state index in [0.717, 1.165) is 67.2 Å². The lowest BCUT2D eigenvalue weighted by atomic mass is 10.1. The van der Waals surface area contributed by atoms with Crippen LogP contribution in [-0.2, 0) is 6.54 Å². The summed E-state index contributed by atoms with van der Waals surface area (Å²) < 4.78 is 21.5. The summed E-state index contributed by atoms with van der Waals surface area (Å²) in [6.07, 6.45) is 0. The highest BCUT2D eigenvalue weighted by molar-refractivity contribution is 8.24. The van der Waals surface area contributed by atoms with Crippen LogP contribution in [0.4, 0.5) is 11.5 Å². The molecule has 0 saturated carbocycles. The molecule has 5 rings (SSSR count). The molecule has 2 aliphatic heterocycles. The van der Waals surface area contributed by atoms with Gasteiger partial charge < -0.3 is 15.5 Å². The number of hydrogen-bond donors (Lipinski definition) is 4. The molecule has 1 saturated heterocycles. The summed E-state index contributed by atoms with van der Waals surface area (Å²) in [5.41, 5.74) is 4.19. The normalized spacial score (nSPS) is 19.7. The highest BCUT2D eigenvalue weighted by Crippen LogP contribution is 2.51. The molecule has 0 atom stereocenters. The summed E-state index contributed by atoms with van der Waals surface area (Å²) in [6, 6.07) is 16.1. The van der Waals surface area contributed by atoms with Gasteiger partial charge in [-0.15, -0.1) is 0 Å². The number of nitrogens with one attached hydrogen (secondary N) is 2. The van der Waals surface area contributed by atoms with Gasteiger partial charge in [-0.3, -0.25) is 14.0 Å². The van der Waals surface area contributed by atoms with Gasteiger partial charge in [0.2, 0.25) is 0 Å². The van der Waals surface area contributed by atoms with E-state index in [4.69, 9.17) is 4.98 Å². The predicted octanol–water partition coefficient (Wildman–Crippen LogP) is 3.99. The predicted molar refractivity (Wildman–Crippen MR) is 138 cm³/mol. The molecule has 0 amide bonds. The van der Waals surface area contributed by atoms with Crippen molar-refractivity contribution < 1.29 is 9.11 Å². The van der Waals surface area contributed by atoms with Gasteiger partial charge >= 0.3 is 0 Å². The summed E-state index contributed by atoms with van der Waals surface area (Å²) in [5.74, 6) is 1.17. The van der Waals surface area contributed by atoms with Crippen molar-refractivity contribution in [2.75, 3.05) is 61.8 Å². The van der Waals surface area contributed by atoms with Crippen molar-refractivity contribution in [3.05, 3.63) is 59.7 Å². The first-order valence-electron chi connectivity index (χ1n) is 11.7. The molecule has 0 spiro atoms. The lowest BCUT2D eigenvalue weighted by Crippen LogP contribution is -2.45. The van der Waals surface area contributed by atoms with Crippen LogP contribution in [0.1, 0.15) is 11.1 Å². The maximum absolute atomic E-state index is 10.7. The van der Waals surface area contributed by atoms with E-state index in [-0.39, 0.29) is 0 Å². The number of aromatic nitrogens is 1. The number of pyridine rings is 1. The molecule has 7 nitrogen and oxygen atoms in total. The Morgan fingerprint density at radius 2 is 1.88 bits per heavy atom. The van der Waals surface area contributed by atoms with Crippen LogP contribution in [0.25, 0.3) is 10.9 Å². The first-order chi connectivity index (χ1) is 16.0. The van der Waals surface area contributed by atoms with E-state index in [1.165, 1.54) is 5.56 Å². The zero-order chi connectivity index (χ0) is 22.8. The Balaban J connectivity index is 1.44. The molecule has 2 aromatic carbocycles. The summed E-state index contributed by atoms with van der Waals surface area (Å²) in [5, 5.41) is 8.20. The fourth-order valence-electron chi connectivity index (χ4n) is 4.70. The zero-order valence-corrected chi connectivity index (χ0v) is 19.9. The summed E-state index contributed by atoms with van der Waals surface area (Å²) in [4.78, 5) is 10.3. The molecule has 0 unspecified atom stereocenters. The van der Waals surface area contributed by atoms with Gasteiger partial charge in [-0.25, -0.2) is 4.98 Å². The molecule has 3 aromatic rings. The van der Waals surface area contributed by atoms with Crippen molar-refractivity contribution in [3.8, 4) is 0 Å². The van der Waals surface area contributed by atoms with Gasteiger partial charge in [0.05, 0.1) is 16.2 Å². The van der Waals surface area contributed by atoms with Crippen LogP contribution >= 0.6 is 10.6 Å². The zero-order valence-electron chi connectivity index (χ0n) is 19.1. The summed E-state index contributed by atoms with van der Waals surface area (Å²) in [6.45, 7) is 9.41. The third kappa shape index (κ3) is 4.95. The summed E-state index contributed by atoms with van der Waals surface area (Å²) >= 11 is 0. The topological polar surface area (TPSA) is 83.9 Å². The van der Waals surface area contributed by atoms with E-state index >= 15 is 0 Å². The van der Waals surface area contributed by atoms with Crippen molar-refractivity contribution in [1.29, 1.82) is 0 Å².